The lowest BCUT2D eigenvalue weighted by Gasteiger charge is -2.06. The van der Waals surface area contributed by atoms with Crippen LogP contribution in [0, 0.1) is 10.1 Å². The van der Waals surface area contributed by atoms with Gasteiger partial charge in [-0.15, -0.1) is 0 Å². The van der Waals surface area contributed by atoms with Crippen molar-refractivity contribution < 1.29 is 18.1 Å². The molecule has 0 heterocycles. The number of hydrogen-bond donors (Lipinski definition) is 0. The standard InChI is InChI=1S/C14H11NO5S/c1-21(19,20)12-4-2-3-11(8-12)13-6-5-10(9-16)7-14(13)15(17)18/h2-9H,1H3. The second-order valence-electron chi connectivity index (χ2n) is 4.45. The van der Waals surface area contributed by atoms with Crippen molar-refractivity contribution in [3.8, 4) is 11.1 Å². The zero-order valence-corrected chi connectivity index (χ0v) is 11.8. The van der Waals surface area contributed by atoms with Crippen LogP contribution >= 0.6 is 0 Å². The minimum Gasteiger partial charge on any atom is -0.298 e. The summed E-state index contributed by atoms with van der Waals surface area (Å²) in [5, 5.41) is 11.1. The van der Waals surface area contributed by atoms with E-state index in [1.54, 1.807) is 6.07 Å². The molecule has 0 bridgehead atoms. The molecule has 0 aromatic heterocycles. The maximum absolute atomic E-state index is 11.6. The maximum atomic E-state index is 11.6. The molecule has 0 aliphatic rings. The number of nitrogens with zero attached hydrogens (tertiary/aromatic N) is 1. The molecule has 0 radical (unpaired) electrons. The second-order valence-corrected chi connectivity index (χ2v) is 6.47. The Bertz CT molecular complexity index is 827. The number of aldehydes is 1. The minimum atomic E-state index is -3.41. The molecule has 0 aliphatic carbocycles. The van der Waals surface area contributed by atoms with Crippen molar-refractivity contribution in [2.24, 2.45) is 0 Å². The topological polar surface area (TPSA) is 94.3 Å². The zero-order chi connectivity index (χ0) is 15.6. The van der Waals surface area contributed by atoms with Crippen molar-refractivity contribution in [3.63, 3.8) is 0 Å². The summed E-state index contributed by atoms with van der Waals surface area (Å²) in [6, 6.07) is 9.94. The smallest absolute Gasteiger partial charge is 0.277 e. The average Bonchev–Trinajstić information content (AvgIpc) is 2.45. The van der Waals surface area contributed by atoms with E-state index in [4.69, 9.17) is 0 Å². The van der Waals surface area contributed by atoms with Gasteiger partial charge >= 0.3 is 0 Å². The third-order valence-corrected chi connectivity index (χ3v) is 4.04. The number of sulfone groups is 1. The van der Waals surface area contributed by atoms with E-state index >= 15 is 0 Å². The first-order chi connectivity index (χ1) is 9.82. The van der Waals surface area contributed by atoms with Gasteiger partial charge in [-0.25, -0.2) is 8.42 Å². The molecule has 6 nitrogen and oxygen atoms in total. The average molecular weight is 305 g/mol. The van der Waals surface area contributed by atoms with Crippen LogP contribution in [0.4, 0.5) is 5.69 Å². The zero-order valence-electron chi connectivity index (χ0n) is 11.0. The first kappa shape index (κ1) is 14.9. The van der Waals surface area contributed by atoms with Gasteiger partial charge in [0.1, 0.15) is 6.29 Å². The molecule has 0 fully saturated rings. The van der Waals surface area contributed by atoms with Crippen LogP contribution in [-0.4, -0.2) is 25.9 Å². The number of carbonyl (C=O) groups is 1. The van der Waals surface area contributed by atoms with Crippen LogP contribution in [0.15, 0.2) is 47.4 Å². The van der Waals surface area contributed by atoms with Crippen molar-refractivity contribution >= 4 is 21.8 Å². The highest BCUT2D eigenvalue weighted by Gasteiger charge is 2.17. The predicted octanol–water partition coefficient (Wildman–Crippen LogP) is 2.48. The fourth-order valence-corrected chi connectivity index (χ4v) is 2.58. The summed E-state index contributed by atoms with van der Waals surface area (Å²) in [4.78, 5) is 21.3. The highest BCUT2D eigenvalue weighted by Crippen LogP contribution is 2.31. The van der Waals surface area contributed by atoms with E-state index in [0.29, 0.717) is 11.8 Å². The van der Waals surface area contributed by atoms with Crippen LogP contribution in [0.1, 0.15) is 10.4 Å². The van der Waals surface area contributed by atoms with Crippen LogP contribution in [0.2, 0.25) is 0 Å². The Morgan fingerprint density at radius 2 is 1.86 bits per heavy atom. The van der Waals surface area contributed by atoms with Gasteiger partial charge in [0.05, 0.1) is 15.4 Å². The molecule has 0 aliphatic heterocycles. The molecule has 21 heavy (non-hydrogen) atoms. The SMILES string of the molecule is CS(=O)(=O)c1cccc(-c2ccc(C=O)cc2[N+](=O)[O-])c1. The molecule has 0 saturated heterocycles. The molecule has 7 heteroatoms. The van der Waals surface area contributed by atoms with Gasteiger partial charge in [0.2, 0.25) is 0 Å². The van der Waals surface area contributed by atoms with Crippen LogP contribution in [0.25, 0.3) is 11.1 Å². The Labute approximate surface area is 121 Å². The number of hydrogen-bond acceptors (Lipinski definition) is 5. The fourth-order valence-electron chi connectivity index (χ4n) is 1.91. The van der Waals surface area contributed by atoms with Crippen molar-refractivity contribution in [2.75, 3.05) is 6.26 Å². The summed E-state index contributed by atoms with van der Waals surface area (Å²) < 4.78 is 23.1. The normalized spacial score (nSPS) is 11.1. The molecular weight excluding hydrogens is 294 g/mol. The number of benzene rings is 2. The van der Waals surface area contributed by atoms with E-state index in [1.165, 1.54) is 30.3 Å². The second kappa shape index (κ2) is 5.45. The molecule has 0 spiro atoms. The van der Waals surface area contributed by atoms with Gasteiger partial charge < -0.3 is 0 Å². The fraction of sp³-hybridized carbons (Fsp3) is 0.0714. The Kier molecular flexibility index (Phi) is 3.86. The number of rotatable bonds is 4. The van der Waals surface area contributed by atoms with Crippen molar-refractivity contribution in [2.45, 2.75) is 4.90 Å². The summed E-state index contributed by atoms with van der Waals surface area (Å²) in [6.07, 6.45) is 1.58. The Hall–Kier alpha value is -2.54. The highest BCUT2D eigenvalue weighted by molar-refractivity contribution is 7.90. The van der Waals surface area contributed by atoms with Gasteiger partial charge in [0, 0.05) is 17.9 Å². The first-order valence-corrected chi connectivity index (χ1v) is 7.76. The molecule has 0 saturated carbocycles. The van der Waals surface area contributed by atoms with E-state index in [2.05, 4.69) is 0 Å². The van der Waals surface area contributed by atoms with Gasteiger partial charge in [0.15, 0.2) is 9.84 Å². The van der Waals surface area contributed by atoms with Crippen LogP contribution in [0.5, 0.6) is 0 Å². The summed E-state index contributed by atoms with van der Waals surface area (Å²) in [7, 11) is -3.41. The van der Waals surface area contributed by atoms with E-state index in [0.717, 1.165) is 12.3 Å². The third kappa shape index (κ3) is 3.14. The molecule has 108 valence electrons. The lowest BCUT2D eigenvalue weighted by Crippen LogP contribution is -1.98. The van der Waals surface area contributed by atoms with Crippen LogP contribution < -0.4 is 0 Å². The van der Waals surface area contributed by atoms with Gasteiger partial charge in [0.25, 0.3) is 5.69 Å². The summed E-state index contributed by atoms with van der Waals surface area (Å²) in [5.41, 5.74) is 0.605. The molecular formula is C14H11NO5S. The Morgan fingerprint density at radius 3 is 2.43 bits per heavy atom. The van der Waals surface area contributed by atoms with Gasteiger partial charge in [-0.3, -0.25) is 14.9 Å². The predicted molar refractivity (Wildman–Crippen MR) is 77.0 cm³/mol. The number of nitro benzene ring substituents is 1. The van der Waals surface area contributed by atoms with Gasteiger partial charge in [-0.1, -0.05) is 18.2 Å². The van der Waals surface area contributed by atoms with Crippen LogP contribution in [-0.2, 0) is 9.84 Å². The van der Waals surface area contributed by atoms with E-state index < -0.39 is 14.8 Å². The van der Waals surface area contributed by atoms with E-state index in [1.807, 2.05) is 0 Å². The monoisotopic (exact) mass is 305 g/mol. The molecule has 0 amide bonds. The Balaban J connectivity index is 2.67. The first-order valence-electron chi connectivity index (χ1n) is 5.87. The quantitative estimate of drug-likeness (QED) is 0.491. The number of carbonyl (C=O) groups excluding carboxylic acids is 1. The van der Waals surface area contributed by atoms with Crippen molar-refractivity contribution in [1.82, 2.24) is 0 Å². The van der Waals surface area contributed by atoms with Crippen molar-refractivity contribution in [1.29, 1.82) is 0 Å². The third-order valence-electron chi connectivity index (χ3n) is 2.93. The molecule has 2 rings (SSSR count). The maximum Gasteiger partial charge on any atom is 0.277 e. The summed E-state index contributed by atoms with van der Waals surface area (Å²) >= 11 is 0. The largest absolute Gasteiger partial charge is 0.298 e. The van der Waals surface area contributed by atoms with E-state index in [-0.39, 0.29) is 21.7 Å². The minimum absolute atomic E-state index is 0.0776. The van der Waals surface area contributed by atoms with Crippen LogP contribution in [0.3, 0.4) is 0 Å². The Morgan fingerprint density at radius 1 is 1.14 bits per heavy atom. The molecule has 0 unspecified atom stereocenters. The number of nitro groups is 1. The molecule has 0 N–H and O–H groups in total. The highest BCUT2D eigenvalue weighted by atomic mass is 32.2. The molecule has 2 aromatic carbocycles. The van der Waals surface area contributed by atoms with Crippen molar-refractivity contribution in [3.05, 3.63) is 58.1 Å². The molecule has 0 atom stereocenters. The van der Waals surface area contributed by atoms with Gasteiger partial charge in [-0.2, -0.15) is 0 Å². The molecule has 2 aromatic rings. The lowest BCUT2D eigenvalue weighted by atomic mass is 10.0. The van der Waals surface area contributed by atoms with E-state index in [9.17, 15) is 23.3 Å². The summed E-state index contributed by atoms with van der Waals surface area (Å²) in [6.45, 7) is 0. The lowest BCUT2D eigenvalue weighted by molar-refractivity contribution is -0.384. The van der Waals surface area contributed by atoms with Gasteiger partial charge in [-0.05, 0) is 23.8 Å². The summed E-state index contributed by atoms with van der Waals surface area (Å²) in [5.74, 6) is 0.